The van der Waals surface area contributed by atoms with Crippen molar-refractivity contribution in [1.82, 2.24) is 19.7 Å². The van der Waals surface area contributed by atoms with Crippen LogP contribution in [0.1, 0.15) is 18.5 Å². The fourth-order valence-corrected chi connectivity index (χ4v) is 1.61. The molecule has 0 aliphatic rings. The summed E-state index contributed by atoms with van der Waals surface area (Å²) < 4.78 is 1.75. The van der Waals surface area contributed by atoms with Crippen LogP contribution in [0, 0.1) is 0 Å². The first-order valence-corrected chi connectivity index (χ1v) is 4.78. The Balaban J connectivity index is 2.37. The summed E-state index contributed by atoms with van der Waals surface area (Å²) in [5, 5.41) is 4.11. The molecule has 5 nitrogen and oxygen atoms in total. The predicted molar refractivity (Wildman–Crippen MR) is 56.0 cm³/mol. The Morgan fingerprint density at radius 1 is 1.40 bits per heavy atom. The lowest BCUT2D eigenvalue weighted by Gasteiger charge is -2.20. The lowest BCUT2D eigenvalue weighted by molar-refractivity contribution is 0.452. The van der Waals surface area contributed by atoms with Crippen molar-refractivity contribution in [3.63, 3.8) is 0 Å². The third-order valence-electron chi connectivity index (χ3n) is 2.25. The highest BCUT2D eigenvalue weighted by atomic mass is 15.3. The largest absolute Gasteiger partial charge is 0.326 e. The van der Waals surface area contributed by atoms with E-state index in [1.165, 1.54) is 6.33 Å². The van der Waals surface area contributed by atoms with Crippen LogP contribution in [0.2, 0.25) is 0 Å². The Morgan fingerprint density at radius 3 is 2.80 bits per heavy atom. The van der Waals surface area contributed by atoms with Crippen molar-refractivity contribution in [2.24, 2.45) is 5.73 Å². The number of nitrogens with two attached hydrogens (primary N) is 1. The van der Waals surface area contributed by atoms with Gasteiger partial charge in [-0.25, -0.2) is 9.67 Å². The summed E-state index contributed by atoms with van der Waals surface area (Å²) >= 11 is 0. The molecule has 0 aromatic carbocycles. The van der Waals surface area contributed by atoms with Crippen molar-refractivity contribution in [1.29, 1.82) is 0 Å². The lowest BCUT2D eigenvalue weighted by Crippen LogP contribution is -2.30. The fourth-order valence-electron chi connectivity index (χ4n) is 1.61. The van der Waals surface area contributed by atoms with Gasteiger partial charge in [-0.15, -0.1) is 0 Å². The van der Waals surface area contributed by atoms with Crippen LogP contribution in [0.15, 0.2) is 37.2 Å². The minimum atomic E-state index is -0.0455. The molecule has 0 aliphatic carbocycles. The molecule has 2 N–H and O–H groups in total. The minimum Gasteiger partial charge on any atom is -0.326 e. The molecular formula is C10H13N5. The molecule has 2 atom stereocenters. The van der Waals surface area contributed by atoms with Crippen LogP contribution in [-0.2, 0) is 0 Å². The van der Waals surface area contributed by atoms with Gasteiger partial charge in [-0.2, -0.15) is 5.10 Å². The Kier molecular flexibility index (Phi) is 2.73. The highest BCUT2D eigenvalue weighted by Gasteiger charge is 2.18. The van der Waals surface area contributed by atoms with Crippen LogP contribution in [0.3, 0.4) is 0 Å². The zero-order valence-electron chi connectivity index (χ0n) is 8.49. The Bertz CT molecular complexity index is 395. The SMILES string of the molecule is CC(N)C(c1cccnc1)n1cncn1. The number of hydrogen-bond donors (Lipinski definition) is 1. The van der Waals surface area contributed by atoms with E-state index in [0.29, 0.717) is 0 Å². The second kappa shape index (κ2) is 4.18. The molecule has 0 radical (unpaired) electrons. The molecule has 2 aromatic rings. The molecule has 2 aromatic heterocycles. The van der Waals surface area contributed by atoms with E-state index in [0.717, 1.165) is 5.56 Å². The van der Waals surface area contributed by atoms with Gasteiger partial charge >= 0.3 is 0 Å². The highest BCUT2D eigenvalue weighted by Crippen LogP contribution is 2.18. The van der Waals surface area contributed by atoms with Crippen molar-refractivity contribution in [3.8, 4) is 0 Å². The highest BCUT2D eigenvalue weighted by molar-refractivity contribution is 5.16. The normalized spacial score (nSPS) is 14.8. The summed E-state index contributed by atoms with van der Waals surface area (Å²) in [6.45, 7) is 1.94. The maximum absolute atomic E-state index is 5.94. The summed E-state index contributed by atoms with van der Waals surface area (Å²) in [5.74, 6) is 0. The summed E-state index contributed by atoms with van der Waals surface area (Å²) in [7, 11) is 0. The van der Waals surface area contributed by atoms with E-state index in [1.54, 1.807) is 23.4 Å². The molecule has 0 fully saturated rings. The summed E-state index contributed by atoms with van der Waals surface area (Å²) in [6, 6.07) is 3.82. The van der Waals surface area contributed by atoms with Gasteiger partial charge in [-0.3, -0.25) is 4.98 Å². The molecule has 0 saturated heterocycles. The first kappa shape index (κ1) is 9.79. The Hall–Kier alpha value is -1.75. The predicted octanol–water partition coefficient (Wildman–Crippen LogP) is 0.610. The molecule has 5 heteroatoms. The second-order valence-electron chi connectivity index (χ2n) is 3.47. The van der Waals surface area contributed by atoms with Gasteiger partial charge in [0, 0.05) is 18.4 Å². The Morgan fingerprint density at radius 2 is 2.27 bits per heavy atom. The van der Waals surface area contributed by atoms with Crippen molar-refractivity contribution >= 4 is 0 Å². The topological polar surface area (TPSA) is 69.6 Å². The molecule has 15 heavy (non-hydrogen) atoms. The first-order chi connectivity index (χ1) is 7.29. The number of rotatable bonds is 3. The molecule has 0 saturated carbocycles. The number of aromatic nitrogens is 4. The first-order valence-electron chi connectivity index (χ1n) is 4.78. The molecular weight excluding hydrogens is 190 g/mol. The van der Waals surface area contributed by atoms with Gasteiger partial charge in [0.05, 0.1) is 6.04 Å². The van der Waals surface area contributed by atoms with Crippen LogP contribution in [0.5, 0.6) is 0 Å². The number of hydrogen-bond acceptors (Lipinski definition) is 4. The van der Waals surface area contributed by atoms with Gasteiger partial charge in [-0.1, -0.05) is 6.07 Å². The maximum atomic E-state index is 5.94. The van der Waals surface area contributed by atoms with Gasteiger partial charge in [0.1, 0.15) is 12.7 Å². The molecule has 0 bridgehead atoms. The molecule has 2 unspecified atom stereocenters. The van der Waals surface area contributed by atoms with E-state index in [1.807, 2.05) is 19.1 Å². The van der Waals surface area contributed by atoms with Gasteiger partial charge in [0.15, 0.2) is 0 Å². The van der Waals surface area contributed by atoms with Crippen molar-refractivity contribution in [3.05, 3.63) is 42.7 Å². The molecule has 0 aliphatic heterocycles. The van der Waals surface area contributed by atoms with Crippen molar-refractivity contribution in [2.75, 3.05) is 0 Å². The fraction of sp³-hybridized carbons (Fsp3) is 0.300. The quantitative estimate of drug-likeness (QED) is 0.793. The van der Waals surface area contributed by atoms with Crippen LogP contribution < -0.4 is 5.73 Å². The molecule has 2 rings (SSSR count). The lowest BCUT2D eigenvalue weighted by atomic mass is 10.0. The minimum absolute atomic E-state index is 0.0128. The van der Waals surface area contributed by atoms with E-state index in [2.05, 4.69) is 15.1 Å². The van der Waals surface area contributed by atoms with Crippen LogP contribution in [0.25, 0.3) is 0 Å². The second-order valence-corrected chi connectivity index (χ2v) is 3.47. The van der Waals surface area contributed by atoms with E-state index in [-0.39, 0.29) is 12.1 Å². The summed E-state index contributed by atoms with van der Waals surface area (Å²) in [5.41, 5.74) is 6.98. The third-order valence-corrected chi connectivity index (χ3v) is 2.25. The van der Waals surface area contributed by atoms with Crippen molar-refractivity contribution in [2.45, 2.75) is 19.0 Å². The summed E-state index contributed by atoms with van der Waals surface area (Å²) in [4.78, 5) is 8.01. The van der Waals surface area contributed by atoms with E-state index in [4.69, 9.17) is 5.73 Å². The average Bonchev–Trinajstić information content (AvgIpc) is 2.72. The molecule has 0 spiro atoms. The zero-order chi connectivity index (χ0) is 10.7. The standard InChI is InChI=1S/C10H13N5/c1-8(11)10(15-7-13-6-14-15)9-3-2-4-12-5-9/h2-8,10H,11H2,1H3. The molecule has 2 heterocycles. The number of pyridine rings is 1. The smallest absolute Gasteiger partial charge is 0.137 e. The van der Waals surface area contributed by atoms with Gasteiger partial charge in [0.2, 0.25) is 0 Å². The summed E-state index contributed by atoms with van der Waals surface area (Å²) in [6.07, 6.45) is 6.71. The van der Waals surface area contributed by atoms with Gasteiger partial charge in [-0.05, 0) is 18.6 Å². The van der Waals surface area contributed by atoms with Crippen LogP contribution >= 0.6 is 0 Å². The van der Waals surface area contributed by atoms with E-state index >= 15 is 0 Å². The average molecular weight is 203 g/mol. The zero-order valence-corrected chi connectivity index (χ0v) is 8.49. The van der Waals surface area contributed by atoms with Gasteiger partial charge < -0.3 is 5.73 Å². The van der Waals surface area contributed by atoms with Gasteiger partial charge in [0.25, 0.3) is 0 Å². The van der Waals surface area contributed by atoms with Crippen LogP contribution in [0.4, 0.5) is 0 Å². The van der Waals surface area contributed by atoms with E-state index < -0.39 is 0 Å². The molecule has 0 amide bonds. The monoisotopic (exact) mass is 203 g/mol. The van der Waals surface area contributed by atoms with Crippen molar-refractivity contribution < 1.29 is 0 Å². The maximum Gasteiger partial charge on any atom is 0.137 e. The van der Waals surface area contributed by atoms with Crippen LogP contribution in [-0.4, -0.2) is 25.8 Å². The Labute approximate surface area is 88.0 Å². The number of nitrogens with zero attached hydrogens (tertiary/aromatic N) is 4. The molecule has 78 valence electrons. The van der Waals surface area contributed by atoms with E-state index in [9.17, 15) is 0 Å². The third kappa shape index (κ3) is 2.02.